The number of aromatic nitrogens is 2. The molecule has 1 N–H and O–H groups in total. The molecule has 0 bridgehead atoms. The number of hydrogen-bond donors (Lipinski definition) is 1. The Morgan fingerprint density at radius 1 is 0.931 bits per heavy atom. The van der Waals surface area contributed by atoms with Crippen molar-refractivity contribution in [1.29, 1.82) is 0 Å². The normalized spacial score (nSPS) is 11.6. The van der Waals surface area contributed by atoms with E-state index >= 15 is 0 Å². The summed E-state index contributed by atoms with van der Waals surface area (Å²) in [6.07, 6.45) is -4.39. The molecule has 0 aliphatic rings. The number of ether oxygens (including phenoxy) is 1. The number of fused-ring (bicyclic) bond motifs is 1. The lowest BCUT2D eigenvalue weighted by Crippen LogP contribution is -2.04. The maximum Gasteiger partial charge on any atom is 0.416 e. The van der Waals surface area contributed by atoms with Gasteiger partial charge in [-0.1, -0.05) is 30.3 Å². The highest BCUT2D eigenvalue weighted by molar-refractivity contribution is 14.1. The van der Waals surface area contributed by atoms with Crippen LogP contribution in [0.25, 0.3) is 11.0 Å². The third kappa shape index (κ3) is 4.47. The standard InChI is InChI=1S/C21H15F3IN3O/c22-21(23,24)15-9-10-19-18(12-15)27-20(28(19)25)26-13-14-5-4-8-17(11-14)29-16-6-2-1-3-7-16/h1-12H,13H2,(H,26,27). The summed E-state index contributed by atoms with van der Waals surface area (Å²) in [4.78, 5) is 4.30. The smallest absolute Gasteiger partial charge is 0.416 e. The van der Waals surface area contributed by atoms with Crippen LogP contribution >= 0.6 is 22.9 Å². The summed E-state index contributed by atoms with van der Waals surface area (Å²) in [6, 6.07) is 20.6. The van der Waals surface area contributed by atoms with Gasteiger partial charge in [0.2, 0.25) is 5.95 Å². The summed E-state index contributed by atoms with van der Waals surface area (Å²) < 4.78 is 46.3. The number of nitrogens with zero attached hydrogens (tertiary/aromatic N) is 2. The summed E-state index contributed by atoms with van der Waals surface area (Å²) in [7, 11) is 0. The van der Waals surface area contributed by atoms with Crippen molar-refractivity contribution in [2.24, 2.45) is 0 Å². The van der Waals surface area contributed by atoms with Crippen LogP contribution in [0.15, 0.2) is 72.8 Å². The van der Waals surface area contributed by atoms with Crippen molar-refractivity contribution < 1.29 is 17.9 Å². The van der Waals surface area contributed by atoms with E-state index in [-0.39, 0.29) is 5.52 Å². The zero-order chi connectivity index (χ0) is 20.4. The van der Waals surface area contributed by atoms with E-state index < -0.39 is 11.7 Å². The topological polar surface area (TPSA) is 39.1 Å². The minimum atomic E-state index is -4.39. The molecular weight excluding hydrogens is 494 g/mol. The van der Waals surface area contributed by atoms with E-state index in [2.05, 4.69) is 10.3 Å². The van der Waals surface area contributed by atoms with Gasteiger partial charge in [-0.3, -0.25) is 2.78 Å². The molecule has 1 aromatic heterocycles. The number of nitrogens with one attached hydrogen (secondary N) is 1. The van der Waals surface area contributed by atoms with Gasteiger partial charge in [0, 0.05) is 6.54 Å². The van der Waals surface area contributed by atoms with Gasteiger partial charge in [0.05, 0.1) is 39.5 Å². The van der Waals surface area contributed by atoms with Crippen molar-refractivity contribution in [3.8, 4) is 11.5 Å². The number of imidazole rings is 1. The van der Waals surface area contributed by atoms with Crippen LogP contribution < -0.4 is 10.1 Å². The highest BCUT2D eigenvalue weighted by Crippen LogP contribution is 2.33. The maximum atomic E-state index is 12.9. The second-order valence-corrected chi connectivity index (χ2v) is 7.30. The van der Waals surface area contributed by atoms with E-state index in [1.165, 1.54) is 6.07 Å². The Balaban J connectivity index is 1.51. The van der Waals surface area contributed by atoms with E-state index in [0.717, 1.165) is 23.4 Å². The Morgan fingerprint density at radius 3 is 2.45 bits per heavy atom. The monoisotopic (exact) mass is 509 g/mol. The molecule has 4 rings (SSSR count). The summed E-state index contributed by atoms with van der Waals surface area (Å²) in [5.41, 5.74) is 1.15. The van der Waals surface area contributed by atoms with E-state index in [0.29, 0.717) is 23.8 Å². The molecule has 0 saturated carbocycles. The van der Waals surface area contributed by atoms with Crippen LogP contribution in [-0.4, -0.2) is 7.76 Å². The molecule has 3 aromatic carbocycles. The van der Waals surface area contributed by atoms with Gasteiger partial charge in [-0.2, -0.15) is 13.2 Å². The number of rotatable bonds is 5. The highest BCUT2D eigenvalue weighted by atomic mass is 127. The van der Waals surface area contributed by atoms with Gasteiger partial charge in [-0.25, -0.2) is 4.98 Å². The van der Waals surface area contributed by atoms with Crippen molar-refractivity contribution >= 4 is 39.8 Å². The molecule has 1 heterocycles. The molecule has 0 fully saturated rings. The van der Waals surface area contributed by atoms with Crippen molar-refractivity contribution in [2.45, 2.75) is 12.7 Å². The average Bonchev–Trinajstić information content (AvgIpc) is 3.02. The predicted octanol–water partition coefficient (Wildman–Crippen LogP) is 6.66. The van der Waals surface area contributed by atoms with Crippen molar-refractivity contribution in [3.63, 3.8) is 0 Å². The van der Waals surface area contributed by atoms with E-state index in [4.69, 9.17) is 4.74 Å². The van der Waals surface area contributed by atoms with Gasteiger partial charge in [0.25, 0.3) is 0 Å². The summed E-state index contributed by atoms with van der Waals surface area (Å²) in [6.45, 7) is 0.449. The Morgan fingerprint density at radius 2 is 1.69 bits per heavy atom. The number of benzene rings is 3. The molecule has 8 heteroatoms. The zero-order valence-electron chi connectivity index (χ0n) is 14.9. The minimum Gasteiger partial charge on any atom is -0.457 e. The quantitative estimate of drug-likeness (QED) is 0.306. The fraction of sp³-hybridized carbons (Fsp3) is 0.0952. The summed E-state index contributed by atoms with van der Waals surface area (Å²) >= 11 is 2.02. The summed E-state index contributed by atoms with van der Waals surface area (Å²) in [5, 5.41) is 3.18. The zero-order valence-corrected chi connectivity index (χ0v) is 17.1. The Hall–Kier alpha value is -2.75. The Labute approximate surface area is 178 Å². The largest absolute Gasteiger partial charge is 0.457 e. The maximum absolute atomic E-state index is 12.9. The molecular formula is C21H15F3IN3O. The first-order chi connectivity index (χ1) is 13.9. The minimum absolute atomic E-state index is 0.290. The van der Waals surface area contributed by atoms with Crippen molar-refractivity contribution in [3.05, 3.63) is 83.9 Å². The second kappa shape index (κ2) is 7.94. The average molecular weight is 509 g/mol. The molecule has 148 valence electrons. The van der Waals surface area contributed by atoms with Gasteiger partial charge < -0.3 is 10.1 Å². The third-order valence-electron chi connectivity index (χ3n) is 4.25. The molecule has 29 heavy (non-hydrogen) atoms. The predicted molar refractivity (Wildman–Crippen MR) is 114 cm³/mol. The molecule has 0 unspecified atom stereocenters. The van der Waals surface area contributed by atoms with Crippen LogP contribution in [0, 0.1) is 0 Å². The molecule has 0 amide bonds. The first-order valence-corrected chi connectivity index (χ1v) is 9.68. The van der Waals surface area contributed by atoms with Gasteiger partial charge >= 0.3 is 6.18 Å². The molecule has 0 aliphatic carbocycles. The van der Waals surface area contributed by atoms with Crippen LogP contribution in [0.4, 0.5) is 19.1 Å². The number of anilines is 1. The second-order valence-electron chi connectivity index (χ2n) is 6.33. The van der Waals surface area contributed by atoms with Crippen LogP contribution in [0.5, 0.6) is 11.5 Å². The van der Waals surface area contributed by atoms with Crippen LogP contribution in [-0.2, 0) is 12.7 Å². The van der Waals surface area contributed by atoms with Gasteiger partial charge in [-0.05, 0) is 48.0 Å². The van der Waals surface area contributed by atoms with E-state index in [1.807, 2.05) is 77.5 Å². The van der Waals surface area contributed by atoms with Crippen molar-refractivity contribution in [1.82, 2.24) is 7.76 Å². The first kappa shape index (κ1) is 19.6. The van der Waals surface area contributed by atoms with Crippen LogP contribution in [0.2, 0.25) is 0 Å². The molecule has 0 spiro atoms. The summed E-state index contributed by atoms with van der Waals surface area (Å²) in [5.74, 6) is 1.93. The van der Waals surface area contributed by atoms with Gasteiger partial charge in [-0.15, -0.1) is 0 Å². The Kier molecular flexibility index (Phi) is 5.35. The first-order valence-electron chi connectivity index (χ1n) is 8.72. The molecule has 0 aliphatic heterocycles. The van der Waals surface area contributed by atoms with E-state index in [9.17, 15) is 13.2 Å². The lowest BCUT2D eigenvalue weighted by molar-refractivity contribution is -0.137. The SMILES string of the molecule is FC(F)(F)c1ccc2c(c1)nc(NCc1cccc(Oc3ccccc3)c1)n2I. The molecule has 4 nitrogen and oxygen atoms in total. The number of alkyl halides is 3. The van der Waals surface area contributed by atoms with Gasteiger partial charge in [0.1, 0.15) is 11.5 Å². The number of halogens is 4. The molecule has 0 saturated heterocycles. The molecule has 0 radical (unpaired) electrons. The van der Waals surface area contributed by atoms with Crippen LogP contribution in [0.3, 0.4) is 0 Å². The fourth-order valence-electron chi connectivity index (χ4n) is 2.86. The lowest BCUT2D eigenvalue weighted by atomic mass is 10.2. The Bertz CT molecular complexity index is 1140. The highest BCUT2D eigenvalue weighted by Gasteiger charge is 2.31. The molecule has 4 aromatic rings. The molecule has 0 atom stereocenters. The van der Waals surface area contributed by atoms with Crippen LogP contribution in [0.1, 0.15) is 11.1 Å². The number of para-hydroxylation sites is 1. The van der Waals surface area contributed by atoms with Gasteiger partial charge in [0.15, 0.2) is 0 Å². The third-order valence-corrected chi connectivity index (χ3v) is 5.23. The van der Waals surface area contributed by atoms with Crippen molar-refractivity contribution in [2.75, 3.05) is 5.32 Å². The fourth-order valence-corrected chi connectivity index (χ4v) is 3.55. The van der Waals surface area contributed by atoms with E-state index in [1.54, 1.807) is 2.78 Å². The lowest BCUT2D eigenvalue weighted by Gasteiger charge is -2.09. The number of hydrogen-bond acceptors (Lipinski definition) is 3.